The summed E-state index contributed by atoms with van der Waals surface area (Å²) in [5.41, 5.74) is 2.62. The van der Waals surface area contributed by atoms with Crippen molar-refractivity contribution in [1.29, 1.82) is 0 Å². The standard InChI is InChI=1S/C24H50O3Si2/c1-18(2)29(19(3)4,20(5)6)27-23(21(7)16-17-25)15-14-22(8)26-28(12,13)24(9,10)11/h14-16,18-20,22-23,25H,17H2,1-13H3/b15-14+,21-16+/t22-,23?/m0/s1. The van der Waals surface area contributed by atoms with Gasteiger partial charge in [0.25, 0.3) is 0 Å². The van der Waals surface area contributed by atoms with Crippen molar-refractivity contribution in [2.45, 2.75) is 123 Å². The predicted octanol–water partition coefficient (Wildman–Crippen LogP) is 7.45. The molecule has 0 aromatic rings. The highest BCUT2D eigenvalue weighted by Crippen LogP contribution is 2.44. The lowest BCUT2D eigenvalue weighted by Gasteiger charge is -2.44. The number of hydrogen-bond acceptors (Lipinski definition) is 3. The molecule has 1 N–H and O–H groups in total. The quantitative estimate of drug-likeness (QED) is 0.267. The number of hydrogen-bond donors (Lipinski definition) is 1. The molecule has 0 saturated carbocycles. The zero-order chi connectivity index (χ0) is 23.2. The third-order valence-electron chi connectivity index (χ3n) is 6.74. The summed E-state index contributed by atoms with van der Waals surface area (Å²) < 4.78 is 13.5. The average Bonchev–Trinajstić information content (AvgIpc) is 2.52. The Labute approximate surface area is 184 Å². The second kappa shape index (κ2) is 11.4. The van der Waals surface area contributed by atoms with E-state index < -0.39 is 16.6 Å². The van der Waals surface area contributed by atoms with Crippen LogP contribution in [0.2, 0.25) is 34.8 Å². The van der Waals surface area contributed by atoms with Gasteiger partial charge in [-0.3, -0.25) is 0 Å². The Balaban J connectivity index is 5.82. The molecule has 0 aromatic heterocycles. The third kappa shape index (κ3) is 7.77. The number of aliphatic hydroxyl groups excluding tert-OH is 1. The van der Waals surface area contributed by atoms with Crippen molar-refractivity contribution in [2.24, 2.45) is 0 Å². The van der Waals surface area contributed by atoms with E-state index in [-0.39, 0.29) is 23.9 Å². The van der Waals surface area contributed by atoms with Gasteiger partial charge in [0.1, 0.15) is 0 Å². The fourth-order valence-electron chi connectivity index (χ4n) is 4.11. The van der Waals surface area contributed by atoms with E-state index in [1.54, 1.807) is 0 Å². The molecular formula is C24H50O3Si2. The first kappa shape index (κ1) is 28.8. The van der Waals surface area contributed by atoms with Gasteiger partial charge in [0, 0.05) is 0 Å². The largest absolute Gasteiger partial charge is 0.411 e. The molecule has 0 saturated heterocycles. The van der Waals surface area contributed by atoms with Gasteiger partial charge in [-0.05, 0) is 54.2 Å². The van der Waals surface area contributed by atoms with E-state index in [4.69, 9.17) is 8.85 Å². The van der Waals surface area contributed by atoms with Crippen molar-refractivity contribution in [3.8, 4) is 0 Å². The number of aliphatic hydroxyl groups is 1. The summed E-state index contributed by atoms with van der Waals surface area (Å²) >= 11 is 0. The van der Waals surface area contributed by atoms with Gasteiger partial charge in [0.2, 0.25) is 8.32 Å². The molecular weight excluding hydrogens is 392 g/mol. The SMILES string of the molecule is C/C(=C\CO)C(/C=C/[C@H](C)O[Si](C)(C)C(C)(C)C)O[Si](C(C)C)(C(C)C)C(C)C. The Kier molecular flexibility index (Phi) is 11.3. The third-order valence-corrected chi connectivity index (χ3v) is 17.4. The van der Waals surface area contributed by atoms with Crippen molar-refractivity contribution in [1.82, 2.24) is 0 Å². The zero-order valence-corrected chi connectivity index (χ0v) is 23.6. The van der Waals surface area contributed by atoms with Crippen LogP contribution in [0, 0.1) is 0 Å². The minimum atomic E-state index is -2.04. The van der Waals surface area contributed by atoms with Gasteiger partial charge < -0.3 is 14.0 Å². The van der Waals surface area contributed by atoms with Gasteiger partial charge in [0.15, 0.2) is 8.32 Å². The van der Waals surface area contributed by atoms with E-state index in [0.29, 0.717) is 16.6 Å². The van der Waals surface area contributed by atoms with E-state index in [1.165, 1.54) is 0 Å². The lowest BCUT2D eigenvalue weighted by atomic mass is 10.1. The van der Waals surface area contributed by atoms with Gasteiger partial charge in [-0.1, -0.05) is 80.5 Å². The Morgan fingerprint density at radius 1 is 0.862 bits per heavy atom. The first-order chi connectivity index (χ1) is 13.0. The molecule has 0 radical (unpaired) electrons. The Morgan fingerprint density at radius 2 is 1.31 bits per heavy atom. The first-order valence-electron chi connectivity index (χ1n) is 11.3. The Morgan fingerprint density at radius 3 is 1.66 bits per heavy atom. The van der Waals surface area contributed by atoms with Gasteiger partial charge in [-0.2, -0.15) is 0 Å². The summed E-state index contributed by atoms with van der Waals surface area (Å²) in [6, 6.07) is 0. The predicted molar refractivity (Wildman–Crippen MR) is 134 cm³/mol. The minimum Gasteiger partial charge on any atom is -0.411 e. The molecule has 0 amide bonds. The molecule has 3 nitrogen and oxygen atoms in total. The van der Waals surface area contributed by atoms with Crippen LogP contribution in [0.25, 0.3) is 0 Å². The average molecular weight is 443 g/mol. The van der Waals surface area contributed by atoms with Crippen LogP contribution in [0.5, 0.6) is 0 Å². The van der Waals surface area contributed by atoms with Crippen LogP contribution < -0.4 is 0 Å². The molecule has 0 bridgehead atoms. The molecule has 29 heavy (non-hydrogen) atoms. The monoisotopic (exact) mass is 442 g/mol. The van der Waals surface area contributed by atoms with Gasteiger partial charge >= 0.3 is 0 Å². The summed E-state index contributed by atoms with van der Waals surface area (Å²) in [5.74, 6) is 0. The van der Waals surface area contributed by atoms with Crippen molar-refractivity contribution >= 4 is 16.6 Å². The summed E-state index contributed by atoms with van der Waals surface area (Å²) in [7, 11) is -3.86. The van der Waals surface area contributed by atoms with Crippen LogP contribution in [0.15, 0.2) is 23.8 Å². The molecule has 172 valence electrons. The molecule has 1 unspecified atom stereocenters. The highest BCUT2D eigenvalue weighted by molar-refractivity contribution is 6.77. The molecule has 5 heteroatoms. The second-order valence-corrected chi connectivity index (χ2v) is 21.1. The van der Waals surface area contributed by atoms with Crippen molar-refractivity contribution < 1.29 is 14.0 Å². The highest BCUT2D eigenvalue weighted by Gasteiger charge is 2.46. The highest BCUT2D eigenvalue weighted by atomic mass is 28.4. The van der Waals surface area contributed by atoms with Gasteiger partial charge in [-0.25, -0.2) is 0 Å². The van der Waals surface area contributed by atoms with E-state index in [9.17, 15) is 5.11 Å². The maximum atomic E-state index is 9.47. The fourth-order valence-corrected chi connectivity index (χ4v) is 11.0. The minimum absolute atomic E-state index is 0.0369. The van der Waals surface area contributed by atoms with Crippen LogP contribution >= 0.6 is 0 Å². The molecule has 0 spiro atoms. The lowest BCUT2D eigenvalue weighted by Crippen LogP contribution is -2.50. The van der Waals surface area contributed by atoms with Crippen LogP contribution in [0.3, 0.4) is 0 Å². The van der Waals surface area contributed by atoms with Crippen molar-refractivity contribution in [3.63, 3.8) is 0 Å². The van der Waals surface area contributed by atoms with E-state index >= 15 is 0 Å². The van der Waals surface area contributed by atoms with Crippen molar-refractivity contribution in [3.05, 3.63) is 23.8 Å². The van der Waals surface area contributed by atoms with E-state index in [2.05, 4.69) is 101 Å². The van der Waals surface area contributed by atoms with Gasteiger partial charge in [-0.15, -0.1) is 0 Å². The van der Waals surface area contributed by atoms with E-state index in [1.807, 2.05) is 6.08 Å². The molecule has 0 heterocycles. The summed E-state index contributed by atoms with van der Waals surface area (Å²) in [5, 5.41) is 9.65. The first-order valence-corrected chi connectivity index (χ1v) is 16.4. The normalized spacial score (nSPS) is 17.1. The lowest BCUT2D eigenvalue weighted by molar-refractivity contribution is 0.230. The second-order valence-electron chi connectivity index (χ2n) is 11.0. The number of rotatable bonds is 11. The van der Waals surface area contributed by atoms with Crippen molar-refractivity contribution in [2.75, 3.05) is 6.61 Å². The Hall–Kier alpha value is -0.206. The molecule has 0 aliphatic carbocycles. The molecule has 0 aromatic carbocycles. The molecule has 2 atom stereocenters. The summed E-state index contributed by atoms with van der Waals surface area (Å²) in [6.45, 7) is 29.4. The van der Waals surface area contributed by atoms with Crippen LogP contribution in [0.1, 0.15) is 76.2 Å². The molecule has 0 fully saturated rings. The molecule has 0 aliphatic rings. The van der Waals surface area contributed by atoms with Crippen LogP contribution in [-0.2, 0) is 8.85 Å². The summed E-state index contributed by atoms with van der Waals surface area (Å²) in [6.07, 6.45) is 6.10. The van der Waals surface area contributed by atoms with Crippen LogP contribution in [-0.4, -0.2) is 40.6 Å². The smallest absolute Gasteiger partial charge is 0.201 e. The maximum Gasteiger partial charge on any atom is 0.201 e. The van der Waals surface area contributed by atoms with Gasteiger partial charge in [0.05, 0.1) is 18.8 Å². The summed E-state index contributed by atoms with van der Waals surface area (Å²) in [4.78, 5) is 0. The fraction of sp³-hybridized carbons (Fsp3) is 0.833. The molecule has 0 aliphatic heterocycles. The molecule has 0 rings (SSSR count). The van der Waals surface area contributed by atoms with Crippen LogP contribution in [0.4, 0.5) is 0 Å². The maximum absolute atomic E-state index is 9.47. The Bertz CT molecular complexity index is 521. The van der Waals surface area contributed by atoms with E-state index in [0.717, 1.165) is 5.57 Å². The zero-order valence-electron chi connectivity index (χ0n) is 21.6. The topological polar surface area (TPSA) is 38.7 Å².